The van der Waals surface area contributed by atoms with Crippen LogP contribution in [0.1, 0.15) is 24.8 Å². The maximum atomic E-state index is 6.21. The molecule has 2 heteroatoms. The van der Waals surface area contributed by atoms with E-state index in [1.807, 2.05) is 6.07 Å². The summed E-state index contributed by atoms with van der Waals surface area (Å²) >= 11 is 0. The SMILES string of the molecule is C1=CCOC(C2(c3ccccc3)CC=CCO2)CC1. The third kappa shape index (κ3) is 2.51. The van der Waals surface area contributed by atoms with Gasteiger partial charge in [0.1, 0.15) is 5.60 Å². The van der Waals surface area contributed by atoms with E-state index in [1.165, 1.54) is 5.56 Å². The average molecular weight is 256 g/mol. The largest absolute Gasteiger partial charge is 0.371 e. The molecular formula is C17H20O2. The molecule has 0 saturated heterocycles. The highest BCUT2D eigenvalue weighted by Crippen LogP contribution is 2.39. The van der Waals surface area contributed by atoms with E-state index in [9.17, 15) is 0 Å². The van der Waals surface area contributed by atoms with Gasteiger partial charge in [0, 0.05) is 6.42 Å². The lowest BCUT2D eigenvalue weighted by molar-refractivity contribution is -0.146. The maximum absolute atomic E-state index is 6.21. The van der Waals surface area contributed by atoms with Crippen molar-refractivity contribution < 1.29 is 9.47 Å². The summed E-state index contributed by atoms with van der Waals surface area (Å²) in [6.45, 7) is 1.36. The zero-order chi connectivity index (χ0) is 13.0. The number of benzene rings is 1. The Morgan fingerprint density at radius 2 is 1.79 bits per heavy atom. The summed E-state index contributed by atoms with van der Waals surface area (Å²) in [6.07, 6.45) is 11.7. The van der Waals surface area contributed by atoms with Gasteiger partial charge in [-0.3, -0.25) is 0 Å². The van der Waals surface area contributed by atoms with Gasteiger partial charge in [-0.1, -0.05) is 54.6 Å². The van der Waals surface area contributed by atoms with Crippen molar-refractivity contribution in [3.63, 3.8) is 0 Å². The van der Waals surface area contributed by atoms with Crippen molar-refractivity contribution in [3.05, 3.63) is 60.2 Å². The molecule has 0 aliphatic carbocycles. The summed E-state index contributed by atoms with van der Waals surface area (Å²) in [6, 6.07) is 10.5. The van der Waals surface area contributed by atoms with Crippen LogP contribution in [0.2, 0.25) is 0 Å². The first-order valence-corrected chi connectivity index (χ1v) is 7.03. The molecule has 0 saturated carbocycles. The molecule has 0 radical (unpaired) electrons. The first-order valence-electron chi connectivity index (χ1n) is 7.03. The fourth-order valence-corrected chi connectivity index (χ4v) is 2.97. The van der Waals surface area contributed by atoms with Crippen molar-refractivity contribution >= 4 is 0 Å². The van der Waals surface area contributed by atoms with E-state index in [0.29, 0.717) is 13.2 Å². The van der Waals surface area contributed by atoms with Gasteiger partial charge in [0.25, 0.3) is 0 Å². The van der Waals surface area contributed by atoms with Gasteiger partial charge in [-0.05, 0) is 18.4 Å². The molecule has 2 aliphatic rings. The van der Waals surface area contributed by atoms with Crippen molar-refractivity contribution in [1.82, 2.24) is 0 Å². The molecule has 2 atom stereocenters. The number of ether oxygens (including phenoxy) is 2. The third-order valence-corrected chi connectivity index (χ3v) is 3.96. The fraction of sp³-hybridized carbons (Fsp3) is 0.412. The fourth-order valence-electron chi connectivity index (χ4n) is 2.97. The van der Waals surface area contributed by atoms with E-state index < -0.39 is 0 Å². The van der Waals surface area contributed by atoms with Gasteiger partial charge in [0.2, 0.25) is 0 Å². The molecule has 0 amide bonds. The Morgan fingerprint density at radius 1 is 0.947 bits per heavy atom. The first-order chi connectivity index (χ1) is 9.42. The predicted octanol–water partition coefficient (Wildman–Crippen LogP) is 3.59. The standard InChI is InChI=1S/C17H20O2/c1-3-9-15(10-4-1)17(12-6-8-14-19-17)16-11-5-2-7-13-18-16/h1-4,6-10,16H,5,11-14H2. The Bertz CT molecular complexity index is 453. The van der Waals surface area contributed by atoms with Crippen LogP contribution >= 0.6 is 0 Å². The van der Waals surface area contributed by atoms with Crippen LogP contribution in [0, 0.1) is 0 Å². The monoisotopic (exact) mass is 256 g/mol. The van der Waals surface area contributed by atoms with Crippen LogP contribution in [0.5, 0.6) is 0 Å². The van der Waals surface area contributed by atoms with E-state index in [1.54, 1.807) is 0 Å². The maximum Gasteiger partial charge on any atom is 0.123 e. The summed E-state index contributed by atoms with van der Waals surface area (Å²) in [5.41, 5.74) is 0.911. The van der Waals surface area contributed by atoms with E-state index in [4.69, 9.17) is 9.47 Å². The highest BCUT2D eigenvalue weighted by molar-refractivity contribution is 5.27. The summed E-state index contributed by atoms with van der Waals surface area (Å²) in [5, 5.41) is 0. The molecule has 2 heterocycles. The zero-order valence-corrected chi connectivity index (χ0v) is 11.1. The molecule has 0 spiro atoms. The molecule has 3 rings (SSSR count). The minimum Gasteiger partial charge on any atom is -0.371 e. The van der Waals surface area contributed by atoms with Crippen LogP contribution in [0.15, 0.2) is 54.6 Å². The van der Waals surface area contributed by atoms with Crippen molar-refractivity contribution in [2.24, 2.45) is 0 Å². The van der Waals surface area contributed by atoms with Gasteiger partial charge in [-0.25, -0.2) is 0 Å². The number of rotatable bonds is 2. The van der Waals surface area contributed by atoms with Crippen LogP contribution in [0.4, 0.5) is 0 Å². The molecule has 100 valence electrons. The number of allylic oxidation sites excluding steroid dienone is 1. The van der Waals surface area contributed by atoms with Gasteiger partial charge < -0.3 is 9.47 Å². The van der Waals surface area contributed by atoms with Crippen LogP contribution in [-0.2, 0) is 15.1 Å². The van der Waals surface area contributed by atoms with E-state index in [-0.39, 0.29) is 11.7 Å². The second-order valence-electron chi connectivity index (χ2n) is 5.11. The van der Waals surface area contributed by atoms with Crippen molar-refractivity contribution in [2.75, 3.05) is 13.2 Å². The number of hydrogen-bond acceptors (Lipinski definition) is 2. The molecule has 1 aromatic carbocycles. The zero-order valence-electron chi connectivity index (χ0n) is 11.1. The molecule has 2 unspecified atom stereocenters. The Hall–Kier alpha value is -1.38. The molecule has 0 N–H and O–H groups in total. The van der Waals surface area contributed by atoms with Crippen LogP contribution in [-0.4, -0.2) is 19.3 Å². The van der Waals surface area contributed by atoms with E-state index in [0.717, 1.165) is 19.3 Å². The smallest absolute Gasteiger partial charge is 0.123 e. The lowest BCUT2D eigenvalue weighted by atomic mass is 9.81. The Morgan fingerprint density at radius 3 is 2.58 bits per heavy atom. The molecule has 0 bridgehead atoms. The minimum absolute atomic E-state index is 0.120. The summed E-state index contributed by atoms with van der Waals surface area (Å²) in [4.78, 5) is 0. The molecular weight excluding hydrogens is 236 g/mol. The molecule has 0 fully saturated rings. The second kappa shape index (κ2) is 5.72. The Balaban J connectivity index is 1.94. The molecule has 2 nitrogen and oxygen atoms in total. The lowest BCUT2D eigenvalue weighted by Gasteiger charge is -2.41. The second-order valence-corrected chi connectivity index (χ2v) is 5.11. The Labute approximate surface area is 114 Å². The van der Waals surface area contributed by atoms with Gasteiger partial charge in [-0.2, -0.15) is 0 Å². The molecule has 0 aromatic heterocycles. The number of hydrogen-bond donors (Lipinski definition) is 0. The third-order valence-electron chi connectivity index (χ3n) is 3.96. The van der Waals surface area contributed by atoms with Crippen LogP contribution in [0.25, 0.3) is 0 Å². The summed E-state index contributed by atoms with van der Waals surface area (Å²) < 4.78 is 12.3. The van der Waals surface area contributed by atoms with Crippen molar-refractivity contribution in [1.29, 1.82) is 0 Å². The van der Waals surface area contributed by atoms with Gasteiger partial charge >= 0.3 is 0 Å². The predicted molar refractivity (Wildman–Crippen MR) is 75.9 cm³/mol. The highest BCUT2D eigenvalue weighted by Gasteiger charge is 2.42. The minimum atomic E-state index is -0.317. The van der Waals surface area contributed by atoms with Crippen LogP contribution < -0.4 is 0 Å². The highest BCUT2D eigenvalue weighted by atomic mass is 16.5. The van der Waals surface area contributed by atoms with Gasteiger partial charge in [-0.15, -0.1) is 0 Å². The van der Waals surface area contributed by atoms with Crippen molar-refractivity contribution in [3.8, 4) is 0 Å². The molecule has 2 aliphatic heterocycles. The lowest BCUT2D eigenvalue weighted by Crippen LogP contribution is -2.44. The van der Waals surface area contributed by atoms with Gasteiger partial charge in [0.05, 0.1) is 19.3 Å². The molecule has 1 aromatic rings. The Kier molecular flexibility index (Phi) is 3.81. The summed E-state index contributed by atoms with van der Waals surface area (Å²) in [7, 11) is 0. The van der Waals surface area contributed by atoms with Crippen LogP contribution in [0.3, 0.4) is 0 Å². The first kappa shape index (κ1) is 12.6. The quantitative estimate of drug-likeness (QED) is 0.753. The normalized spacial score (nSPS) is 31.1. The van der Waals surface area contributed by atoms with Gasteiger partial charge in [0.15, 0.2) is 0 Å². The average Bonchev–Trinajstić information content (AvgIpc) is 2.78. The molecule has 19 heavy (non-hydrogen) atoms. The topological polar surface area (TPSA) is 18.5 Å². The van der Waals surface area contributed by atoms with Crippen molar-refractivity contribution in [2.45, 2.75) is 31.0 Å². The van der Waals surface area contributed by atoms with E-state index in [2.05, 4.69) is 48.6 Å². The van der Waals surface area contributed by atoms with E-state index >= 15 is 0 Å². The summed E-state index contributed by atoms with van der Waals surface area (Å²) in [5.74, 6) is 0.